The predicted octanol–water partition coefficient (Wildman–Crippen LogP) is 0.0728. The lowest BCUT2D eigenvalue weighted by atomic mass is 10.1. The van der Waals surface area contributed by atoms with Crippen LogP contribution in [0.4, 0.5) is 0 Å². The van der Waals surface area contributed by atoms with Crippen molar-refractivity contribution in [3.8, 4) is 0 Å². The zero-order chi connectivity index (χ0) is 6.85. The topological polar surface area (TPSA) is 46.5 Å². The minimum absolute atomic E-state index is 0.110. The Hall–Kier alpha value is -0.570. The van der Waals surface area contributed by atoms with Crippen molar-refractivity contribution in [2.75, 3.05) is 0 Å². The van der Waals surface area contributed by atoms with Crippen molar-refractivity contribution in [2.45, 2.75) is 32.0 Å². The summed E-state index contributed by atoms with van der Waals surface area (Å²) in [6.07, 6.45) is 0.137. The molecule has 0 spiro atoms. The molecule has 0 amide bonds. The highest BCUT2D eigenvalue weighted by Crippen LogP contribution is 2.13. The highest BCUT2D eigenvalue weighted by atomic mass is 16.5. The van der Waals surface area contributed by atoms with Crippen LogP contribution in [0.1, 0.15) is 19.8 Å². The number of hydrogen-bond donors (Lipinski definition) is 1. The molecule has 3 nitrogen and oxygen atoms in total. The Kier molecular flexibility index (Phi) is 1.71. The van der Waals surface area contributed by atoms with Crippen molar-refractivity contribution in [1.29, 1.82) is 0 Å². The van der Waals surface area contributed by atoms with Crippen LogP contribution in [0.3, 0.4) is 0 Å². The zero-order valence-electron chi connectivity index (χ0n) is 5.33. The molecular weight excluding hydrogens is 120 g/mol. The van der Waals surface area contributed by atoms with Crippen molar-refractivity contribution in [3.05, 3.63) is 0 Å². The molecule has 2 atom stereocenters. The summed E-state index contributed by atoms with van der Waals surface area (Å²) in [7, 11) is 0. The van der Waals surface area contributed by atoms with E-state index in [2.05, 4.69) is 0 Å². The Morgan fingerprint density at radius 3 is 2.89 bits per heavy atom. The number of carbonyl (C=O) groups excluding carboxylic acids is 1. The molecule has 1 heterocycles. The number of aliphatic hydroxyl groups is 1. The van der Waals surface area contributed by atoms with Gasteiger partial charge in [0.25, 0.3) is 0 Å². The molecule has 0 aromatic rings. The standard InChI is InChI=1S/C6H10O3/c1-4-2-5(7)3-6(8)9-4/h4-5,7H,2-3H2,1H3/t4-,5-/m1/s1. The number of esters is 1. The number of rotatable bonds is 0. The number of ether oxygens (including phenoxy) is 1. The van der Waals surface area contributed by atoms with E-state index in [-0.39, 0.29) is 18.5 Å². The first-order valence-corrected chi connectivity index (χ1v) is 3.06. The second kappa shape index (κ2) is 2.35. The maximum Gasteiger partial charge on any atom is 0.308 e. The third-order valence-electron chi connectivity index (χ3n) is 1.34. The van der Waals surface area contributed by atoms with Crippen LogP contribution in [-0.2, 0) is 9.53 Å². The summed E-state index contributed by atoms with van der Waals surface area (Å²) in [5.41, 5.74) is 0. The molecule has 3 heteroatoms. The summed E-state index contributed by atoms with van der Waals surface area (Å²) in [6, 6.07) is 0. The fourth-order valence-electron chi connectivity index (χ4n) is 0.979. The summed E-state index contributed by atoms with van der Waals surface area (Å²) in [5, 5.41) is 8.95. The molecule has 0 aliphatic carbocycles. The first-order chi connectivity index (χ1) is 4.18. The van der Waals surface area contributed by atoms with Gasteiger partial charge in [0.1, 0.15) is 6.10 Å². The Bertz CT molecular complexity index is 109. The van der Waals surface area contributed by atoms with Crippen molar-refractivity contribution in [3.63, 3.8) is 0 Å². The molecule has 0 saturated carbocycles. The van der Waals surface area contributed by atoms with Crippen LogP contribution in [-0.4, -0.2) is 23.3 Å². The van der Waals surface area contributed by atoms with E-state index in [1.165, 1.54) is 0 Å². The fraction of sp³-hybridized carbons (Fsp3) is 0.833. The monoisotopic (exact) mass is 130 g/mol. The van der Waals surface area contributed by atoms with E-state index in [0.29, 0.717) is 6.42 Å². The lowest BCUT2D eigenvalue weighted by Crippen LogP contribution is -2.30. The molecule has 1 aliphatic rings. The van der Waals surface area contributed by atoms with Crippen molar-refractivity contribution < 1.29 is 14.6 Å². The largest absolute Gasteiger partial charge is 0.462 e. The van der Waals surface area contributed by atoms with Crippen LogP contribution in [0.5, 0.6) is 0 Å². The van der Waals surface area contributed by atoms with Crippen LogP contribution >= 0.6 is 0 Å². The van der Waals surface area contributed by atoms with Gasteiger partial charge in [-0.25, -0.2) is 0 Å². The van der Waals surface area contributed by atoms with Gasteiger partial charge in [0.05, 0.1) is 12.5 Å². The van der Waals surface area contributed by atoms with Gasteiger partial charge in [-0.1, -0.05) is 0 Å². The fourth-order valence-corrected chi connectivity index (χ4v) is 0.979. The lowest BCUT2D eigenvalue weighted by Gasteiger charge is -2.22. The lowest BCUT2D eigenvalue weighted by molar-refractivity contribution is -0.158. The first kappa shape index (κ1) is 6.55. The molecule has 1 rings (SSSR count). The molecule has 9 heavy (non-hydrogen) atoms. The molecule has 0 aromatic carbocycles. The average Bonchev–Trinajstić information content (AvgIpc) is 1.59. The van der Waals surface area contributed by atoms with Crippen molar-refractivity contribution in [1.82, 2.24) is 0 Å². The minimum Gasteiger partial charge on any atom is -0.462 e. The average molecular weight is 130 g/mol. The van der Waals surface area contributed by atoms with Crippen LogP contribution < -0.4 is 0 Å². The molecule has 1 N–H and O–H groups in total. The third kappa shape index (κ3) is 1.68. The summed E-state index contributed by atoms with van der Waals surface area (Å²) < 4.78 is 4.76. The number of carbonyl (C=O) groups is 1. The normalized spacial score (nSPS) is 36.0. The van der Waals surface area contributed by atoms with Crippen molar-refractivity contribution in [2.24, 2.45) is 0 Å². The van der Waals surface area contributed by atoms with E-state index in [4.69, 9.17) is 9.84 Å². The van der Waals surface area contributed by atoms with Crippen LogP contribution in [0.2, 0.25) is 0 Å². The van der Waals surface area contributed by atoms with E-state index >= 15 is 0 Å². The molecule has 52 valence electrons. The number of hydrogen-bond acceptors (Lipinski definition) is 3. The SMILES string of the molecule is C[C@@H]1C[C@@H](O)CC(=O)O1. The predicted molar refractivity (Wildman–Crippen MR) is 30.8 cm³/mol. The first-order valence-electron chi connectivity index (χ1n) is 3.06. The molecule has 1 fully saturated rings. The van der Waals surface area contributed by atoms with E-state index in [1.54, 1.807) is 6.92 Å². The molecule has 0 unspecified atom stereocenters. The van der Waals surface area contributed by atoms with Crippen LogP contribution in [0.25, 0.3) is 0 Å². The van der Waals surface area contributed by atoms with Crippen LogP contribution in [0.15, 0.2) is 0 Å². The smallest absolute Gasteiger partial charge is 0.308 e. The summed E-state index contributed by atoms with van der Waals surface area (Å²) in [4.78, 5) is 10.5. The summed E-state index contributed by atoms with van der Waals surface area (Å²) in [6.45, 7) is 1.78. The van der Waals surface area contributed by atoms with Gasteiger partial charge in [-0.3, -0.25) is 4.79 Å². The second-order valence-corrected chi connectivity index (χ2v) is 2.39. The maximum atomic E-state index is 10.5. The number of cyclic esters (lactones) is 1. The van der Waals surface area contributed by atoms with E-state index in [9.17, 15) is 4.79 Å². The van der Waals surface area contributed by atoms with Gasteiger partial charge in [0.15, 0.2) is 0 Å². The van der Waals surface area contributed by atoms with E-state index < -0.39 is 6.10 Å². The van der Waals surface area contributed by atoms with E-state index in [0.717, 1.165) is 0 Å². The molecule has 1 saturated heterocycles. The van der Waals surface area contributed by atoms with Gasteiger partial charge in [-0.05, 0) is 6.92 Å². The highest BCUT2D eigenvalue weighted by Gasteiger charge is 2.23. The molecule has 0 radical (unpaired) electrons. The van der Waals surface area contributed by atoms with Gasteiger partial charge in [0.2, 0.25) is 0 Å². The summed E-state index contributed by atoms with van der Waals surface area (Å²) >= 11 is 0. The zero-order valence-corrected chi connectivity index (χ0v) is 5.33. The Morgan fingerprint density at radius 1 is 1.78 bits per heavy atom. The maximum absolute atomic E-state index is 10.5. The van der Waals surface area contributed by atoms with Crippen molar-refractivity contribution >= 4 is 5.97 Å². The van der Waals surface area contributed by atoms with Gasteiger partial charge in [-0.2, -0.15) is 0 Å². The third-order valence-corrected chi connectivity index (χ3v) is 1.34. The Balaban J connectivity index is 2.43. The van der Waals surface area contributed by atoms with Crippen LogP contribution in [0, 0.1) is 0 Å². The quantitative estimate of drug-likeness (QED) is 0.472. The minimum atomic E-state index is -0.485. The summed E-state index contributed by atoms with van der Waals surface area (Å²) in [5.74, 6) is -0.291. The molecular formula is C6H10O3. The Morgan fingerprint density at radius 2 is 2.44 bits per heavy atom. The van der Waals surface area contributed by atoms with E-state index in [1.807, 2.05) is 0 Å². The van der Waals surface area contributed by atoms with Gasteiger partial charge in [0, 0.05) is 6.42 Å². The van der Waals surface area contributed by atoms with Gasteiger partial charge < -0.3 is 9.84 Å². The second-order valence-electron chi connectivity index (χ2n) is 2.39. The van der Waals surface area contributed by atoms with Gasteiger partial charge >= 0.3 is 5.97 Å². The Labute approximate surface area is 53.6 Å². The highest BCUT2D eigenvalue weighted by molar-refractivity contribution is 5.70. The van der Waals surface area contributed by atoms with Gasteiger partial charge in [-0.15, -0.1) is 0 Å². The molecule has 0 aromatic heterocycles. The number of aliphatic hydroxyl groups excluding tert-OH is 1. The molecule has 1 aliphatic heterocycles. The molecule has 0 bridgehead atoms.